The molecule has 1 amide bonds. The van der Waals surface area contributed by atoms with Gasteiger partial charge in [0.15, 0.2) is 23.3 Å². The van der Waals surface area contributed by atoms with E-state index in [1.807, 2.05) is 0 Å². The van der Waals surface area contributed by atoms with Gasteiger partial charge in [0.2, 0.25) is 0 Å². The summed E-state index contributed by atoms with van der Waals surface area (Å²) in [5.41, 5.74) is 4.88. The third-order valence-electron chi connectivity index (χ3n) is 2.34. The molecule has 0 bridgehead atoms. The molecule has 98 valence electrons. The van der Waals surface area contributed by atoms with Crippen LogP contribution in [0, 0.1) is 17.5 Å². The van der Waals surface area contributed by atoms with Crippen molar-refractivity contribution in [3.63, 3.8) is 0 Å². The van der Waals surface area contributed by atoms with Crippen LogP contribution in [0.25, 0.3) is 0 Å². The normalized spacial score (nSPS) is 10.3. The summed E-state index contributed by atoms with van der Waals surface area (Å²) >= 11 is 0. The highest BCUT2D eigenvalue weighted by atomic mass is 19.2. The number of halogens is 3. The Morgan fingerprint density at radius 3 is 2.58 bits per heavy atom. The molecule has 0 saturated heterocycles. The zero-order valence-corrected chi connectivity index (χ0v) is 9.45. The van der Waals surface area contributed by atoms with E-state index in [-0.39, 0.29) is 11.3 Å². The predicted molar refractivity (Wildman–Crippen MR) is 62.9 cm³/mol. The molecular formula is C12H8F3N3O. The molecule has 0 aliphatic carbocycles. The lowest BCUT2D eigenvalue weighted by Gasteiger charge is -2.07. The number of nitrogen functional groups attached to an aromatic ring is 1. The van der Waals surface area contributed by atoms with E-state index in [4.69, 9.17) is 5.73 Å². The third kappa shape index (κ3) is 2.65. The van der Waals surface area contributed by atoms with E-state index >= 15 is 0 Å². The average molecular weight is 267 g/mol. The van der Waals surface area contributed by atoms with Crippen molar-refractivity contribution in [1.29, 1.82) is 0 Å². The molecule has 0 spiro atoms. The van der Waals surface area contributed by atoms with Crippen LogP contribution in [0.15, 0.2) is 30.5 Å². The van der Waals surface area contributed by atoms with Crippen molar-refractivity contribution in [3.8, 4) is 0 Å². The molecule has 7 heteroatoms. The van der Waals surface area contributed by atoms with Gasteiger partial charge in [0.1, 0.15) is 0 Å². The van der Waals surface area contributed by atoms with Gasteiger partial charge < -0.3 is 11.1 Å². The molecule has 1 heterocycles. The molecule has 0 atom stereocenters. The van der Waals surface area contributed by atoms with E-state index in [9.17, 15) is 18.0 Å². The molecule has 19 heavy (non-hydrogen) atoms. The largest absolute Gasteiger partial charge is 0.381 e. The maximum atomic E-state index is 13.5. The third-order valence-corrected chi connectivity index (χ3v) is 2.34. The van der Waals surface area contributed by atoms with Gasteiger partial charge in [0.05, 0.1) is 5.56 Å². The standard InChI is InChI=1S/C12H8F3N3O/c13-8-2-1-6(5-9(8)14)18-12(19)7-3-4-17-11(16)10(7)15/h1-5H,(H2,16,17)(H,18,19). The number of rotatable bonds is 2. The monoisotopic (exact) mass is 267 g/mol. The zero-order valence-electron chi connectivity index (χ0n) is 9.45. The molecule has 0 saturated carbocycles. The molecular weight excluding hydrogens is 259 g/mol. The number of aromatic nitrogens is 1. The van der Waals surface area contributed by atoms with Gasteiger partial charge in [-0.1, -0.05) is 0 Å². The molecule has 0 unspecified atom stereocenters. The lowest BCUT2D eigenvalue weighted by molar-refractivity contribution is 0.102. The molecule has 2 aromatic rings. The minimum Gasteiger partial charge on any atom is -0.381 e. The number of amides is 1. The number of benzene rings is 1. The summed E-state index contributed by atoms with van der Waals surface area (Å²) in [5, 5.41) is 2.23. The van der Waals surface area contributed by atoms with Gasteiger partial charge in [-0.2, -0.15) is 0 Å². The minimum absolute atomic E-state index is 0.00122. The van der Waals surface area contributed by atoms with Gasteiger partial charge in [-0.05, 0) is 18.2 Å². The van der Waals surface area contributed by atoms with Gasteiger partial charge in [-0.25, -0.2) is 18.2 Å². The molecule has 0 aliphatic rings. The second kappa shape index (κ2) is 4.97. The molecule has 1 aromatic carbocycles. The Bertz CT molecular complexity index is 646. The summed E-state index contributed by atoms with van der Waals surface area (Å²) in [7, 11) is 0. The van der Waals surface area contributed by atoms with E-state index in [0.29, 0.717) is 0 Å². The topological polar surface area (TPSA) is 68.0 Å². The number of carbonyl (C=O) groups excluding carboxylic acids is 1. The molecule has 0 fully saturated rings. The number of nitrogens with zero attached hydrogens (tertiary/aromatic N) is 1. The van der Waals surface area contributed by atoms with Crippen LogP contribution in [-0.4, -0.2) is 10.9 Å². The van der Waals surface area contributed by atoms with Crippen LogP contribution < -0.4 is 11.1 Å². The Labute approximate surface area is 106 Å². The first-order chi connectivity index (χ1) is 8.99. The molecule has 2 rings (SSSR count). The van der Waals surface area contributed by atoms with Crippen molar-refractivity contribution in [1.82, 2.24) is 4.98 Å². The van der Waals surface area contributed by atoms with E-state index < -0.39 is 29.2 Å². The second-order valence-corrected chi connectivity index (χ2v) is 3.64. The number of nitrogens with one attached hydrogen (secondary N) is 1. The number of carbonyl (C=O) groups is 1. The van der Waals surface area contributed by atoms with Crippen molar-refractivity contribution in [2.75, 3.05) is 11.1 Å². The van der Waals surface area contributed by atoms with Crippen LogP contribution in [0.3, 0.4) is 0 Å². The quantitative estimate of drug-likeness (QED) is 0.877. The van der Waals surface area contributed by atoms with E-state index in [1.165, 1.54) is 6.20 Å². The SMILES string of the molecule is Nc1nccc(C(=O)Nc2ccc(F)c(F)c2)c1F. The van der Waals surface area contributed by atoms with Crippen molar-refractivity contribution in [2.24, 2.45) is 0 Å². The van der Waals surface area contributed by atoms with Crippen LogP contribution in [0.2, 0.25) is 0 Å². The van der Waals surface area contributed by atoms with Gasteiger partial charge in [-0.15, -0.1) is 0 Å². The van der Waals surface area contributed by atoms with Crippen LogP contribution in [0.5, 0.6) is 0 Å². The Morgan fingerprint density at radius 2 is 1.89 bits per heavy atom. The van der Waals surface area contributed by atoms with E-state index in [0.717, 1.165) is 24.3 Å². The lowest BCUT2D eigenvalue weighted by Crippen LogP contribution is -2.15. The second-order valence-electron chi connectivity index (χ2n) is 3.64. The van der Waals surface area contributed by atoms with Gasteiger partial charge in [-0.3, -0.25) is 4.79 Å². The Kier molecular flexibility index (Phi) is 3.37. The number of anilines is 2. The van der Waals surface area contributed by atoms with Crippen molar-refractivity contribution in [2.45, 2.75) is 0 Å². The first-order valence-electron chi connectivity index (χ1n) is 5.15. The summed E-state index contributed by atoms with van der Waals surface area (Å²) in [4.78, 5) is 15.2. The molecule has 3 N–H and O–H groups in total. The Hall–Kier alpha value is -2.57. The number of hydrogen-bond acceptors (Lipinski definition) is 3. The van der Waals surface area contributed by atoms with Gasteiger partial charge in [0.25, 0.3) is 5.91 Å². The first kappa shape index (κ1) is 12.9. The van der Waals surface area contributed by atoms with Gasteiger partial charge >= 0.3 is 0 Å². The fourth-order valence-electron chi connectivity index (χ4n) is 1.41. The Morgan fingerprint density at radius 1 is 1.16 bits per heavy atom. The molecule has 0 aliphatic heterocycles. The maximum absolute atomic E-state index is 13.5. The zero-order chi connectivity index (χ0) is 14.0. The van der Waals surface area contributed by atoms with E-state index in [1.54, 1.807) is 0 Å². The highest BCUT2D eigenvalue weighted by Crippen LogP contribution is 2.16. The van der Waals surface area contributed by atoms with Crippen molar-refractivity contribution < 1.29 is 18.0 Å². The summed E-state index contributed by atoms with van der Waals surface area (Å²) in [6.07, 6.45) is 1.17. The highest BCUT2D eigenvalue weighted by Gasteiger charge is 2.15. The van der Waals surface area contributed by atoms with Crippen LogP contribution in [-0.2, 0) is 0 Å². The van der Waals surface area contributed by atoms with Crippen molar-refractivity contribution >= 4 is 17.4 Å². The summed E-state index contributed by atoms with van der Waals surface area (Å²) in [6.45, 7) is 0. The van der Waals surface area contributed by atoms with Crippen LogP contribution >= 0.6 is 0 Å². The van der Waals surface area contributed by atoms with Crippen molar-refractivity contribution in [3.05, 3.63) is 53.5 Å². The van der Waals surface area contributed by atoms with Gasteiger partial charge in [0, 0.05) is 18.0 Å². The lowest BCUT2D eigenvalue weighted by atomic mass is 10.2. The maximum Gasteiger partial charge on any atom is 0.258 e. The average Bonchev–Trinajstić information content (AvgIpc) is 2.37. The molecule has 1 aromatic heterocycles. The Balaban J connectivity index is 2.26. The minimum atomic E-state index is -1.12. The summed E-state index contributed by atoms with van der Waals surface area (Å²) < 4.78 is 39.2. The van der Waals surface area contributed by atoms with Crippen LogP contribution in [0.4, 0.5) is 24.7 Å². The number of hydrogen-bond donors (Lipinski definition) is 2. The first-order valence-corrected chi connectivity index (χ1v) is 5.15. The number of nitrogens with two attached hydrogens (primary N) is 1. The predicted octanol–water partition coefficient (Wildman–Crippen LogP) is 2.33. The summed E-state index contributed by atoms with van der Waals surface area (Å²) in [5.74, 6) is -4.39. The summed E-state index contributed by atoms with van der Waals surface area (Å²) in [6, 6.07) is 3.91. The molecule has 4 nitrogen and oxygen atoms in total. The van der Waals surface area contributed by atoms with E-state index in [2.05, 4.69) is 10.3 Å². The highest BCUT2D eigenvalue weighted by molar-refractivity contribution is 6.04. The smallest absolute Gasteiger partial charge is 0.258 e. The fourth-order valence-corrected chi connectivity index (χ4v) is 1.41. The van der Waals surface area contributed by atoms with Crippen LogP contribution in [0.1, 0.15) is 10.4 Å². The number of pyridine rings is 1. The molecule has 0 radical (unpaired) electrons. The fraction of sp³-hybridized carbons (Fsp3) is 0.